The second kappa shape index (κ2) is 7.69. The van der Waals surface area contributed by atoms with Gasteiger partial charge in [0.15, 0.2) is 0 Å². The van der Waals surface area contributed by atoms with E-state index in [0.717, 1.165) is 18.5 Å². The molecular weight excluding hydrogens is 291 g/mol. The number of pyridine rings is 1. The van der Waals surface area contributed by atoms with Gasteiger partial charge in [-0.05, 0) is 31.5 Å². The van der Waals surface area contributed by atoms with Gasteiger partial charge in [-0.25, -0.2) is 4.98 Å². The van der Waals surface area contributed by atoms with Gasteiger partial charge in [-0.2, -0.15) is 13.2 Å². The fourth-order valence-electron chi connectivity index (χ4n) is 1.75. The molecule has 1 heterocycles. The van der Waals surface area contributed by atoms with Crippen molar-refractivity contribution in [3.63, 3.8) is 0 Å². The molecule has 0 amide bonds. The Bertz CT molecular complexity index is 424. The molecule has 0 aliphatic carbocycles. The number of nitrogens with one attached hydrogen (secondary N) is 1. The van der Waals surface area contributed by atoms with E-state index in [9.17, 15) is 13.2 Å². The van der Waals surface area contributed by atoms with Crippen LogP contribution in [0.15, 0.2) is 12.3 Å². The van der Waals surface area contributed by atoms with Crippen LogP contribution < -0.4 is 10.2 Å². The Labute approximate surface area is 122 Å². The summed E-state index contributed by atoms with van der Waals surface area (Å²) in [6.45, 7) is 4.27. The smallest absolute Gasteiger partial charge is 0.348 e. The highest BCUT2D eigenvalue weighted by Crippen LogP contribution is 2.24. The third kappa shape index (κ3) is 5.54. The van der Waals surface area contributed by atoms with Crippen LogP contribution in [0.1, 0.15) is 25.8 Å². The van der Waals surface area contributed by atoms with Crippen LogP contribution in [0.25, 0.3) is 0 Å². The van der Waals surface area contributed by atoms with Gasteiger partial charge in [0.05, 0.1) is 5.02 Å². The van der Waals surface area contributed by atoms with Crippen molar-refractivity contribution < 1.29 is 13.2 Å². The quantitative estimate of drug-likeness (QED) is 0.780. The molecule has 0 saturated heterocycles. The van der Waals surface area contributed by atoms with Crippen molar-refractivity contribution in [2.75, 3.05) is 24.5 Å². The van der Waals surface area contributed by atoms with Crippen LogP contribution in [0.3, 0.4) is 0 Å². The third-order valence-corrected chi connectivity index (χ3v) is 3.08. The minimum atomic E-state index is -4.25. The average molecular weight is 310 g/mol. The van der Waals surface area contributed by atoms with Crippen molar-refractivity contribution in [3.8, 4) is 0 Å². The molecule has 0 bridgehead atoms. The molecule has 0 aliphatic rings. The van der Waals surface area contributed by atoms with Gasteiger partial charge < -0.3 is 10.2 Å². The van der Waals surface area contributed by atoms with Gasteiger partial charge in [-0.15, -0.1) is 0 Å². The number of nitrogens with zero attached hydrogens (tertiary/aromatic N) is 2. The standard InChI is InChI=1S/C13H19ClF3N3/c1-3-5-18-7-10-6-12(19-8-11(10)14)20(4-2)9-13(15,16)17/h6,8,18H,3-5,7,9H2,1-2H3. The Morgan fingerprint density at radius 2 is 2.05 bits per heavy atom. The number of hydrogen-bond donors (Lipinski definition) is 1. The van der Waals surface area contributed by atoms with Gasteiger partial charge in [-0.1, -0.05) is 18.5 Å². The maximum atomic E-state index is 12.5. The Balaban J connectivity index is 2.86. The van der Waals surface area contributed by atoms with Gasteiger partial charge >= 0.3 is 6.18 Å². The lowest BCUT2D eigenvalue weighted by Crippen LogP contribution is -2.34. The lowest BCUT2D eigenvalue weighted by molar-refractivity contribution is -0.119. The average Bonchev–Trinajstić information content (AvgIpc) is 2.37. The van der Waals surface area contributed by atoms with Crippen LogP contribution in [0.2, 0.25) is 5.02 Å². The summed E-state index contributed by atoms with van der Waals surface area (Å²) in [5.74, 6) is 0.294. The molecule has 0 aromatic carbocycles. The van der Waals surface area contributed by atoms with E-state index in [1.165, 1.54) is 11.1 Å². The zero-order valence-electron chi connectivity index (χ0n) is 11.6. The monoisotopic (exact) mass is 309 g/mol. The first-order valence-corrected chi connectivity index (χ1v) is 6.92. The lowest BCUT2D eigenvalue weighted by Gasteiger charge is -2.24. The normalized spacial score (nSPS) is 11.7. The molecule has 20 heavy (non-hydrogen) atoms. The molecule has 0 radical (unpaired) electrons. The van der Waals surface area contributed by atoms with E-state index in [2.05, 4.69) is 10.3 Å². The van der Waals surface area contributed by atoms with Gasteiger partial charge in [-0.3, -0.25) is 0 Å². The van der Waals surface area contributed by atoms with Crippen molar-refractivity contribution in [2.24, 2.45) is 0 Å². The van der Waals surface area contributed by atoms with Crippen LogP contribution in [0.5, 0.6) is 0 Å². The van der Waals surface area contributed by atoms with E-state index in [-0.39, 0.29) is 6.54 Å². The molecule has 0 fully saturated rings. The molecule has 1 N–H and O–H groups in total. The van der Waals surface area contributed by atoms with Gasteiger partial charge in [0.1, 0.15) is 12.4 Å². The SMILES string of the molecule is CCCNCc1cc(N(CC)CC(F)(F)F)ncc1Cl. The first kappa shape index (κ1) is 17.0. The van der Waals surface area contributed by atoms with Gasteiger partial charge in [0.25, 0.3) is 0 Å². The summed E-state index contributed by atoms with van der Waals surface area (Å²) >= 11 is 6.01. The Morgan fingerprint density at radius 3 is 2.60 bits per heavy atom. The summed E-state index contributed by atoms with van der Waals surface area (Å²) in [4.78, 5) is 5.17. The number of aromatic nitrogens is 1. The van der Waals surface area contributed by atoms with Crippen LogP contribution >= 0.6 is 11.6 Å². The van der Waals surface area contributed by atoms with E-state index in [4.69, 9.17) is 11.6 Å². The molecule has 0 saturated carbocycles. The molecule has 3 nitrogen and oxygen atoms in total. The highest BCUT2D eigenvalue weighted by molar-refractivity contribution is 6.31. The molecule has 1 aromatic rings. The number of alkyl halides is 3. The third-order valence-electron chi connectivity index (χ3n) is 2.74. The van der Waals surface area contributed by atoms with Gasteiger partial charge in [0, 0.05) is 19.3 Å². The van der Waals surface area contributed by atoms with Crippen LogP contribution in [-0.4, -0.2) is 30.8 Å². The summed E-state index contributed by atoms with van der Waals surface area (Å²) in [5.41, 5.74) is 0.755. The van der Waals surface area contributed by atoms with Crippen molar-refractivity contribution in [1.82, 2.24) is 10.3 Å². The number of rotatable bonds is 7. The zero-order valence-corrected chi connectivity index (χ0v) is 12.4. The van der Waals surface area contributed by atoms with Crippen molar-refractivity contribution in [2.45, 2.75) is 33.0 Å². The van der Waals surface area contributed by atoms with Crippen molar-refractivity contribution in [1.29, 1.82) is 0 Å². The molecule has 7 heteroatoms. The van der Waals surface area contributed by atoms with Crippen LogP contribution in [0.4, 0.5) is 19.0 Å². The highest BCUT2D eigenvalue weighted by Gasteiger charge is 2.30. The largest absolute Gasteiger partial charge is 0.405 e. The molecule has 1 aromatic heterocycles. The summed E-state index contributed by atoms with van der Waals surface area (Å²) in [6, 6.07) is 1.61. The lowest BCUT2D eigenvalue weighted by atomic mass is 10.2. The van der Waals surface area contributed by atoms with Crippen molar-refractivity contribution in [3.05, 3.63) is 22.8 Å². The first-order chi connectivity index (χ1) is 9.37. The summed E-state index contributed by atoms with van der Waals surface area (Å²) in [5, 5.41) is 3.63. The molecule has 0 atom stereocenters. The van der Waals surface area contributed by atoms with E-state index < -0.39 is 12.7 Å². The van der Waals surface area contributed by atoms with Crippen molar-refractivity contribution >= 4 is 17.4 Å². The zero-order chi connectivity index (χ0) is 15.2. The summed E-state index contributed by atoms with van der Waals surface area (Å²) in [6.07, 6.45) is -1.87. The summed E-state index contributed by atoms with van der Waals surface area (Å²) < 4.78 is 37.5. The predicted molar refractivity (Wildman–Crippen MR) is 75.2 cm³/mol. The number of anilines is 1. The highest BCUT2D eigenvalue weighted by atomic mass is 35.5. The Kier molecular flexibility index (Phi) is 6.55. The second-order valence-electron chi connectivity index (χ2n) is 4.44. The second-order valence-corrected chi connectivity index (χ2v) is 4.85. The van der Waals surface area contributed by atoms with E-state index >= 15 is 0 Å². The minimum Gasteiger partial charge on any atom is -0.348 e. The molecule has 0 unspecified atom stereocenters. The Morgan fingerprint density at radius 1 is 1.35 bits per heavy atom. The molecular formula is C13H19ClF3N3. The number of hydrogen-bond acceptors (Lipinski definition) is 3. The molecule has 114 valence electrons. The van der Waals surface area contributed by atoms with Gasteiger partial charge in [0.2, 0.25) is 0 Å². The van der Waals surface area contributed by atoms with E-state index in [1.807, 2.05) is 6.92 Å². The topological polar surface area (TPSA) is 28.2 Å². The fraction of sp³-hybridized carbons (Fsp3) is 0.615. The maximum Gasteiger partial charge on any atom is 0.405 e. The molecule has 0 aliphatic heterocycles. The summed E-state index contributed by atoms with van der Waals surface area (Å²) in [7, 11) is 0. The number of halogens is 4. The molecule has 1 rings (SSSR count). The van der Waals surface area contributed by atoms with E-state index in [0.29, 0.717) is 17.4 Å². The predicted octanol–water partition coefficient (Wildman–Crippen LogP) is 3.62. The minimum absolute atomic E-state index is 0.232. The maximum absolute atomic E-state index is 12.5. The van der Waals surface area contributed by atoms with E-state index in [1.54, 1.807) is 13.0 Å². The van der Waals surface area contributed by atoms with Crippen LogP contribution in [-0.2, 0) is 6.54 Å². The first-order valence-electron chi connectivity index (χ1n) is 6.54. The Hall–Kier alpha value is -1.01. The fourth-order valence-corrected chi connectivity index (χ4v) is 1.92. The van der Waals surface area contributed by atoms with Crippen LogP contribution in [0, 0.1) is 0 Å². The molecule has 0 spiro atoms.